The van der Waals surface area contributed by atoms with Crippen LogP contribution in [-0.4, -0.2) is 30.2 Å². The Bertz CT molecular complexity index is 288. The molecule has 0 radical (unpaired) electrons. The number of ether oxygens (including phenoxy) is 1. The van der Waals surface area contributed by atoms with Crippen molar-refractivity contribution in [3.8, 4) is 0 Å². The summed E-state index contributed by atoms with van der Waals surface area (Å²) >= 11 is 0. The maximum Gasteiger partial charge on any atom is 0.111 e. The van der Waals surface area contributed by atoms with E-state index >= 15 is 0 Å². The molecule has 4 heteroatoms. The number of aromatic amines is 1. The fourth-order valence-electron chi connectivity index (χ4n) is 1.23. The maximum atomic E-state index is 4.95. The van der Waals surface area contributed by atoms with Crippen molar-refractivity contribution in [3.05, 3.63) is 17.7 Å². The van der Waals surface area contributed by atoms with Crippen LogP contribution >= 0.6 is 0 Å². The fourth-order valence-corrected chi connectivity index (χ4v) is 1.23. The minimum absolute atomic E-state index is 0.0881. The van der Waals surface area contributed by atoms with Gasteiger partial charge < -0.3 is 15.0 Å². The van der Waals surface area contributed by atoms with Gasteiger partial charge in [-0.15, -0.1) is 0 Å². The zero-order valence-electron chi connectivity index (χ0n) is 10.1. The molecule has 0 atom stereocenters. The predicted octanol–water partition coefficient (Wildman–Crippen LogP) is 1.44. The molecule has 86 valence electrons. The molecule has 0 spiro atoms. The Labute approximate surface area is 91.4 Å². The quantitative estimate of drug-likeness (QED) is 0.725. The summed E-state index contributed by atoms with van der Waals surface area (Å²) in [4.78, 5) is 7.68. The van der Waals surface area contributed by atoms with Gasteiger partial charge >= 0.3 is 0 Å². The van der Waals surface area contributed by atoms with Gasteiger partial charge in [-0.05, 0) is 0 Å². The van der Waals surface area contributed by atoms with Gasteiger partial charge in [0.1, 0.15) is 5.82 Å². The number of aromatic nitrogens is 2. The van der Waals surface area contributed by atoms with Crippen molar-refractivity contribution in [1.82, 2.24) is 15.3 Å². The van der Waals surface area contributed by atoms with Crippen molar-refractivity contribution in [2.75, 3.05) is 20.3 Å². The highest BCUT2D eigenvalue weighted by atomic mass is 16.5. The van der Waals surface area contributed by atoms with E-state index in [-0.39, 0.29) is 5.41 Å². The Morgan fingerprint density at radius 3 is 2.73 bits per heavy atom. The summed E-state index contributed by atoms with van der Waals surface area (Å²) in [6, 6.07) is 0. The Balaban J connectivity index is 2.40. The molecule has 0 aliphatic rings. The molecule has 0 amide bonds. The van der Waals surface area contributed by atoms with E-state index in [1.165, 1.54) is 0 Å². The van der Waals surface area contributed by atoms with Crippen LogP contribution in [0.15, 0.2) is 6.20 Å². The van der Waals surface area contributed by atoms with E-state index in [0.29, 0.717) is 0 Å². The van der Waals surface area contributed by atoms with E-state index in [4.69, 9.17) is 4.74 Å². The number of hydrogen-bond acceptors (Lipinski definition) is 3. The van der Waals surface area contributed by atoms with E-state index < -0.39 is 0 Å². The molecule has 0 saturated carbocycles. The normalized spacial score (nSPS) is 12.0. The zero-order valence-corrected chi connectivity index (χ0v) is 10.1. The first kappa shape index (κ1) is 12.2. The highest BCUT2D eigenvalue weighted by Crippen LogP contribution is 2.18. The van der Waals surface area contributed by atoms with Crippen molar-refractivity contribution in [3.63, 3.8) is 0 Å². The van der Waals surface area contributed by atoms with Gasteiger partial charge in [-0.1, -0.05) is 20.8 Å². The molecule has 0 bridgehead atoms. The lowest BCUT2D eigenvalue weighted by Crippen LogP contribution is -2.19. The second-order valence-corrected chi connectivity index (χ2v) is 4.68. The lowest BCUT2D eigenvalue weighted by molar-refractivity contribution is 0.199. The van der Waals surface area contributed by atoms with Crippen molar-refractivity contribution in [2.45, 2.75) is 32.7 Å². The first-order valence-corrected chi connectivity index (χ1v) is 5.28. The topological polar surface area (TPSA) is 49.9 Å². The molecule has 0 unspecified atom stereocenters. The van der Waals surface area contributed by atoms with Crippen LogP contribution in [0.1, 0.15) is 32.3 Å². The van der Waals surface area contributed by atoms with Crippen LogP contribution < -0.4 is 5.32 Å². The van der Waals surface area contributed by atoms with Gasteiger partial charge in [0, 0.05) is 37.5 Å². The number of rotatable bonds is 5. The van der Waals surface area contributed by atoms with Gasteiger partial charge in [0.05, 0.1) is 6.61 Å². The summed E-state index contributed by atoms with van der Waals surface area (Å²) in [5, 5.41) is 3.27. The molecule has 1 rings (SSSR count). The van der Waals surface area contributed by atoms with E-state index in [2.05, 4.69) is 36.1 Å². The number of methoxy groups -OCH3 is 1. The highest BCUT2D eigenvalue weighted by molar-refractivity contribution is 5.08. The average molecular weight is 211 g/mol. The summed E-state index contributed by atoms with van der Waals surface area (Å²) in [6.07, 6.45) is 1.89. The number of hydrogen-bond donors (Lipinski definition) is 2. The van der Waals surface area contributed by atoms with Crippen LogP contribution in [0.3, 0.4) is 0 Å². The van der Waals surface area contributed by atoms with Gasteiger partial charge in [-0.2, -0.15) is 0 Å². The van der Waals surface area contributed by atoms with Gasteiger partial charge in [0.25, 0.3) is 0 Å². The van der Waals surface area contributed by atoms with E-state index in [1.807, 2.05) is 6.20 Å². The van der Waals surface area contributed by atoms with Crippen LogP contribution in [0.4, 0.5) is 0 Å². The van der Waals surface area contributed by atoms with Gasteiger partial charge in [-0.25, -0.2) is 4.98 Å². The molecule has 0 saturated heterocycles. The van der Waals surface area contributed by atoms with Crippen LogP contribution in [0.25, 0.3) is 0 Å². The number of nitrogens with one attached hydrogen (secondary N) is 2. The van der Waals surface area contributed by atoms with Crippen LogP contribution in [0, 0.1) is 0 Å². The summed E-state index contributed by atoms with van der Waals surface area (Å²) in [5.74, 6) is 1.03. The number of imidazole rings is 1. The minimum atomic E-state index is 0.0881. The molecule has 0 aliphatic heterocycles. The molecule has 1 heterocycles. The summed E-state index contributed by atoms with van der Waals surface area (Å²) in [5.41, 5.74) is 1.21. The summed E-state index contributed by atoms with van der Waals surface area (Å²) in [7, 11) is 1.70. The standard InChI is InChI=1S/C11H21N3O/c1-11(2,3)10-13-8-9(14-10)7-12-5-6-15-4/h8,12H,5-7H2,1-4H3,(H,13,14). The smallest absolute Gasteiger partial charge is 0.111 e. The first-order chi connectivity index (χ1) is 7.04. The van der Waals surface area contributed by atoms with Crippen LogP contribution in [0.2, 0.25) is 0 Å². The third-order valence-corrected chi connectivity index (χ3v) is 2.14. The Kier molecular flexibility index (Phi) is 4.29. The molecular formula is C11H21N3O. The van der Waals surface area contributed by atoms with Crippen molar-refractivity contribution in [1.29, 1.82) is 0 Å². The number of nitrogens with zero attached hydrogens (tertiary/aromatic N) is 1. The number of H-pyrrole nitrogens is 1. The molecule has 0 aliphatic carbocycles. The van der Waals surface area contributed by atoms with E-state index in [0.717, 1.165) is 31.2 Å². The molecule has 1 aromatic rings. The van der Waals surface area contributed by atoms with Crippen LogP contribution in [-0.2, 0) is 16.7 Å². The van der Waals surface area contributed by atoms with Crippen molar-refractivity contribution >= 4 is 0 Å². The lowest BCUT2D eigenvalue weighted by Gasteiger charge is -2.14. The van der Waals surface area contributed by atoms with Crippen molar-refractivity contribution < 1.29 is 4.74 Å². The van der Waals surface area contributed by atoms with Gasteiger partial charge in [0.2, 0.25) is 0 Å². The molecule has 4 nitrogen and oxygen atoms in total. The van der Waals surface area contributed by atoms with Gasteiger partial charge in [-0.3, -0.25) is 0 Å². The molecule has 15 heavy (non-hydrogen) atoms. The third-order valence-electron chi connectivity index (χ3n) is 2.14. The first-order valence-electron chi connectivity index (χ1n) is 5.28. The maximum absolute atomic E-state index is 4.95. The van der Waals surface area contributed by atoms with E-state index in [9.17, 15) is 0 Å². The molecule has 1 aromatic heterocycles. The summed E-state index contributed by atoms with van der Waals surface area (Å²) < 4.78 is 4.95. The largest absolute Gasteiger partial charge is 0.383 e. The average Bonchev–Trinajstić information content (AvgIpc) is 2.60. The Morgan fingerprint density at radius 2 is 2.20 bits per heavy atom. The second-order valence-electron chi connectivity index (χ2n) is 4.68. The second kappa shape index (κ2) is 5.28. The van der Waals surface area contributed by atoms with E-state index in [1.54, 1.807) is 7.11 Å². The summed E-state index contributed by atoms with van der Waals surface area (Å²) in [6.45, 7) is 8.85. The van der Waals surface area contributed by atoms with Crippen molar-refractivity contribution in [2.24, 2.45) is 0 Å². The predicted molar refractivity (Wildman–Crippen MR) is 60.9 cm³/mol. The monoisotopic (exact) mass is 211 g/mol. The lowest BCUT2D eigenvalue weighted by atomic mass is 9.96. The molecular weight excluding hydrogens is 190 g/mol. The molecule has 0 fully saturated rings. The highest BCUT2D eigenvalue weighted by Gasteiger charge is 2.16. The third kappa shape index (κ3) is 4.01. The minimum Gasteiger partial charge on any atom is -0.383 e. The zero-order chi connectivity index (χ0) is 11.3. The Morgan fingerprint density at radius 1 is 1.47 bits per heavy atom. The SMILES string of the molecule is COCCNCc1cnc(C(C)(C)C)[nH]1. The van der Waals surface area contributed by atoms with Gasteiger partial charge in [0.15, 0.2) is 0 Å². The molecule has 0 aromatic carbocycles. The van der Waals surface area contributed by atoms with Crippen LogP contribution in [0.5, 0.6) is 0 Å². The molecule has 2 N–H and O–H groups in total. The Hall–Kier alpha value is -0.870. The fraction of sp³-hybridized carbons (Fsp3) is 0.727.